The van der Waals surface area contributed by atoms with Gasteiger partial charge in [0.2, 0.25) is 5.91 Å². The van der Waals surface area contributed by atoms with Gasteiger partial charge in [-0.25, -0.2) is 5.01 Å². The lowest BCUT2D eigenvalue weighted by Gasteiger charge is -2.20. The molecule has 0 aromatic heterocycles. The van der Waals surface area contributed by atoms with Crippen molar-refractivity contribution in [1.29, 1.82) is 0 Å². The van der Waals surface area contributed by atoms with Gasteiger partial charge in [0.05, 0.1) is 12.5 Å². The van der Waals surface area contributed by atoms with Crippen LogP contribution in [0.2, 0.25) is 0 Å². The summed E-state index contributed by atoms with van der Waals surface area (Å²) in [4.78, 5) is 21.7. The van der Waals surface area contributed by atoms with E-state index in [-0.39, 0.29) is 11.8 Å². The van der Waals surface area contributed by atoms with Gasteiger partial charge in [0.25, 0.3) is 0 Å². The van der Waals surface area contributed by atoms with Gasteiger partial charge in [0, 0.05) is 7.05 Å². The summed E-state index contributed by atoms with van der Waals surface area (Å²) in [7, 11) is 1.53. The first-order valence-corrected chi connectivity index (χ1v) is 3.66. The number of hydrazine groups is 1. The molecule has 1 aliphatic heterocycles. The van der Waals surface area contributed by atoms with E-state index in [2.05, 4.69) is 0 Å². The van der Waals surface area contributed by atoms with Crippen molar-refractivity contribution in [2.24, 2.45) is 5.92 Å². The minimum absolute atomic E-state index is 0.0704. The molecule has 1 heterocycles. The summed E-state index contributed by atoms with van der Waals surface area (Å²) in [6.45, 7) is 2.15. The molecule has 0 N–H and O–H groups in total. The molecule has 62 valence electrons. The quantitative estimate of drug-likeness (QED) is 0.402. The van der Waals surface area contributed by atoms with Gasteiger partial charge < -0.3 is 0 Å². The molecule has 1 fully saturated rings. The first kappa shape index (κ1) is 8.33. The van der Waals surface area contributed by atoms with Gasteiger partial charge in [0.15, 0.2) is 0 Å². The topological polar surface area (TPSA) is 40.6 Å². The van der Waals surface area contributed by atoms with Crippen LogP contribution < -0.4 is 0 Å². The molecule has 2 amide bonds. The van der Waals surface area contributed by atoms with Crippen molar-refractivity contribution < 1.29 is 9.59 Å². The van der Waals surface area contributed by atoms with E-state index >= 15 is 0 Å². The average Bonchev–Trinajstić information content (AvgIpc) is 2.17. The molecule has 0 aromatic carbocycles. The lowest BCUT2D eigenvalue weighted by atomic mass is 10.2. The van der Waals surface area contributed by atoms with Crippen molar-refractivity contribution in [1.82, 2.24) is 10.0 Å². The summed E-state index contributed by atoms with van der Waals surface area (Å²) < 4.78 is 0. The SMILES string of the molecule is CC1CN(C(=O)Cl)N(C)C1=O. The highest BCUT2D eigenvalue weighted by Gasteiger charge is 2.34. The molecule has 0 radical (unpaired) electrons. The number of amides is 2. The molecular weight excluding hydrogens is 168 g/mol. The molecule has 11 heavy (non-hydrogen) atoms. The van der Waals surface area contributed by atoms with Crippen LogP contribution in [-0.2, 0) is 4.79 Å². The Morgan fingerprint density at radius 1 is 1.73 bits per heavy atom. The van der Waals surface area contributed by atoms with Gasteiger partial charge >= 0.3 is 5.37 Å². The summed E-state index contributed by atoms with van der Waals surface area (Å²) in [6, 6.07) is 0. The fraction of sp³-hybridized carbons (Fsp3) is 0.667. The molecule has 0 bridgehead atoms. The van der Waals surface area contributed by atoms with Crippen LogP contribution in [0.3, 0.4) is 0 Å². The smallest absolute Gasteiger partial charge is 0.273 e. The largest absolute Gasteiger partial charge is 0.335 e. The Kier molecular flexibility index (Phi) is 2.04. The number of halogens is 1. The van der Waals surface area contributed by atoms with Crippen LogP contribution in [0.25, 0.3) is 0 Å². The Morgan fingerprint density at radius 3 is 2.45 bits per heavy atom. The first-order chi connectivity index (χ1) is 5.04. The molecule has 0 aliphatic carbocycles. The maximum atomic E-state index is 11.1. The molecule has 0 saturated carbocycles. The van der Waals surface area contributed by atoms with E-state index in [1.54, 1.807) is 6.92 Å². The number of hydrogen-bond donors (Lipinski definition) is 0. The highest BCUT2D eigenvalue weighted by molar-refractivity contribution is 6.62. The maximum Gasteiger partial charge on any atom is 0.335 e. The van der Waals surface area contributed by atoms with Gasteiger partial charge in [-0.15, -0.1) is 0 Å². The predicted molar refractivity (Wildman–Crippen MR) is 39.9 cm³/mol. The lowest BCUT2D eigenvalue weighted by molar-refractivity contribution is -0.134. The molecule has 1 rings (SSSR count). The van der Waals surface area contributed by atoms with Gasteiger partial charge in [-0.2, -0.15) is 0 Å². The number of carbonyl (C=O) groups is 2. The van der Waals surface area contributed by atoms with Gasteiger partial charge in [0.1, 0.15) is 0 Å². The van der Waals surface area contributed by atoms with Crippen LogP contribution >= 0.6 is 11.6 Å². The first-order valence-electron chi connectivity index (χ1n) is 3.28. The third kappa shape index (κ3) is 1.30. The van der Waals surface area contributed by atoms with Crippen LogP contribution in [0, 0.1) is 5.92 Å². The van der Waals surface area contributed by atoms with E-state index in [4.69, 9.17) is 11.6 Å². The molecule has 0 spiro atoms. The van der Waals surface area contributed by atoms with Crippen LogP contribution in [0.1, 0.15) is 6.92 Å². The molecular formula is C6H9ClN2O2. The van der Waals surface area contributed by atoms with Crippen LogP contribution in [0.5, 0.6) is 0 Å². The van der Waals surface area contributed by atoms with Crippen LogP contribution in [0.4, 0.5) is 4.79 Å². The van der Waals surface area contributed by atoms with E-state index < -0.39 is 5.37 Å². The predicted octanol–water partition coefficient (Wildman–Crippen LogP) is 0.670. The Morgan fingerprint density at radius 2 is 2.27 bits per heavy atom. The van der Waals surface area contributed by atoms with Crippen molar-refractivity contribution in [3.63, 3.8) is 0 Å². The second kappa shape index (κ2) is 2.70. The third-order valence-electron chi connectivity index (χ3n) is 1.75. The summed E-state index contributed by atoms with van der Waals surface area (Å²) >= 11 is 5.20. The lowest BCUT2D eigenvalue weighted by Crippen LogP contribution is -2.37. The van der Waals surface area contributed by atoms with Gasteiger partial charge in [-0.1, -0.05) is 6.92 Å². The highest BCUT2D eigenvalue weighted by Crippen LogP contribution is 2.17. The summed E-state index contributed by atoms with van der Waals surface area (Å²) in [5.74, 6) is -0.207. The molecule has 1 unspecified atom stereocenters. The van der Waals surface area contributed by atoms with Gasteiger partial charge in [-0.3, -0.25) is 14.6 Å². The molecule has 4 nitrogen and oxygen atoms in total. The zero-order chi connectivity index (χ0) is 8.59. The van der Waals surface area contributed by atoms with Crippen molar-refractivity contribution in [2.45, 2.75) is 6.92 Å². The Bertz CT molecular complexity index is 207. The summed E-state index contributed by atoms with van der Waals surface area (Å²) in [5, 5.41) is 1.86. The fourth-order valence-corrected chi connectivity index (χ4v) is 1.27. The number of carbonyl (C=O) groups excluding carboxylic acids is 2. The zero-order valence-electron chi connectivity index (χ0n) is 6.37. The van der Waals surface area contributed by atoms with Crippen molar-refractivity contribution in [2.75, 3.05) is 13.6 Å². The Hall–Kier alpha value is -0.770. The van der Waals surface area contributed by atoms with Gasteiger partial charge in [-0.05, 0) is 11.6 Å². The van der Waals surface area contributed by atoms with Crippen molar-refractivity contribution in [3.8, 4) is 0 Å². The highest BCUT2D eigenvalue weighted by atomic mass is 35.5. The fourth-order valence-electron chi connectivity index (χ4n) is 1.09. The normalized spacial score (nSPS) is 24.6. The second-order valence-corrected chi connectivity index (χ2v) is 2.92. The van der Waals surface area contributed by atoms with E-state index in [9.17, 15) is 9.59 Å². The number of nitrogens with zero attached hydrogens (tertiary/aromatic N) is 2. The monoisotopic (exact) mass is 176 g/mol. The maximum absolute atomic E-state index is 11.1. The number of hydrogen-bond acceptors (Lipinski definition) is 2. The summed E-state index contributed by atoms with van der Waals surface area (Å²) in [6.07, 6.45) is 0. The zero-order valence-corrected chi connectivity index (χ0v) is 7.13. The van der Waals surface area contributed by atoms with E-state index in [0.717, 1.165) is 0 Å². The van der Waals surface area contributed by atoms with E-state index in [0.29, 0.717) is 6.54 Å². The second-order valence-electron chi connectivity index (χ2n) is 2.60. The minimum atomic E-state index is -0.606. The average molecular weight is 177 g/mol. The number of rotatable bonds is 0. The standard InChI is InChI=1S/C6H9ClN2O2/c1-4-3-9(6(7)11)8(2)5(4)10/h4H,3H2,1-2H3. The Balaban J connectivity index is 2.75. The third-order valence-corrected chi connectivity index (χ3v) is 1.95. The van der Waals surface area contributed by atoms with E-state index in [1.807, 2.05) is 0 Å². The molecule has 1 atom stereocenters. The summed E-state index contributed by atoms with van der Waals surface area (Å²) in [5.41, 5.74) is 0. The van der Waals surface area contributed by atoms with Crippen molar-refractivity contribution >= 4 is 22.9 Å². The molecule has 5 heteroatoms. The van der Waals surface area contributed by atoms with Crippen molar-refractivity contribution in [3.05, 3.63) is 0 Å². The van der Waals surface area contributed by atoms with Crippen LogP contribution in [-0.4, -0.2) is 34.9 Å². The van der Waals surface area contributed by atoms with E-state index in [1.165, 1.54) is 17.1 Å². The molecule has 0 aromatic rings. The minimum Gasteiger partial charge on any atom is -0.273 e. The molecule has 1 saturated heterocycles. The molecule has 1 aliphatic rings. The van der Waals surface area contributed by atoms with Crippen LogP contribution in [0.15, 0.2) is 0 Å². The Labute approximate surface area is 69.7 Å².